The van der Waals surface area contributed by atoms with E-state index in [1.165, 1.54) is 0 Å². The number of rotatable bonds is 5. The summed E-state index contributed by atoms with van der Waals surface area (Å²) in [5.41, 5.74) is 1.49. The number of hydrogen-bond acceptors (Lipinski definition) is 4. The molecule has 0 saturated heterocycles. The van der Waals surface area contributed by atoms with Gasteiger partial charge in [0.25, 0.3) is 5.91 Å². The Morgan fingerprint density at radius 2 is 1.82 bits per heavy atom. The van der Waals surface area contributed by atoms with Gasteiger partial charge in [-0.2, -0.15) is 0 Å². The van der Waals surface area contributed by atoms with Crippen LogP contribution < -0.4 is 14.8 Å². The highest BCUT2D eigenvalue weighted by molar-refractivity contribution is 5.95. The van der Waals surface area contributed by atoms with Crippen molar-refractivity contribution < 1.29 is 18.7 Å². The smallest absolute Gasteiger partial charge is 0.255 e. The molecule has 0 unspecified atom stereocenters. The van der Waals surface area contributed by atoms with E-state index in [4.69, 9.17) is 13.9 Å². The van der Waals surface area contributed by atoms with Gasteiger partial charge in [-0.3, -0.25) is 4.79 Å². The lowest BCUT2D eigenvalue weighted by atomic mass is 10.1. The van der Waals surface area contributed by atoms with Gasteiger partial charge in [0.05, 0.1) is 25.8 Å². The first-order valence-electron chi connectivity index (χ1n) is 7.06. The fourth-order valence-corrected chi connectivity index (χ4v) is 2.34. The molecule has 118 valence electrons. The van der Waals surface area contributed by atoms with Crippen molar-refractivity contribution in [3.8, 4) is 11.5 Å². The molecule has 0 aliphatic heterocycles. The average Bonchev–Trinajstić information content (AvgIpc) is 2.85. The number of ether oxygens (including phenoxy) is 2. The Labute approximate surface area is 130 Å². The predicted octanol–water partition coefficient (Wildman–Crippen LogP) is 3.40. The molecule has 0 radical (unpaired) electrons. The van der Waals surface area contributed by atoms with Crippen LogP contribution in [0.5, 0.6) is 11.5 Å². The van der Waals surface area contributed by atoms with Crippen molar-refractivity contribution in [1.29, 1.82) is 0 Å². The van der Waals surface area contributed by atoms with Crippen molar-refractivity contribution in [3.05, 3.63) is 46.9 Å². The van der Waals surface area contributed by atoms with Crippen LogP contribution in [0, 0.1) is 13.8 Å². The maximum Gasteiger partial charge on any atom is 0.255 e. The Morgan fingerprint density at radius 1 is 1.14 bits per heavy atom. The molecule has 1 aromatic carbocycles. The predicted molar refractivity (Wildman–Crippen MR) is 83.6 cm³/mol. The highest BCUT2D eigenvalue weighted by atomic mass is 16.5. The summed E-state index contributed by atoms with van der Waals surface area (Å²) in [6.07, 6.45) is 0. The van der Waals surface area contributed by atoms with E-state index in [1.807, 2.05) is 32.0 Å². The number of furan rings is 1. The lowest BCUT2D eigenvalue weighted by molar-refractivity contribution is 0.0938. The van der Waals surface area contributed by atoms with E-state index < -0.39 is 0 Å². The van der Waals surface area contributed by atoms with E-state index in [0.29, 0.717) is 22.8 Å². The summed E-state index contributed by atoms with van der Waals surface area (Å²) in [6, 6.07) is 7.16. The molecule has 0 fully saturated rings. The van der Waals surface area contributed by atoms with Crippen LogP contribution in [0.15, 0.2) is 28.7 Å². The maximum atomic E-state index is 12.3. The van der Waals surface area contributed by atoms with Crippen LogP contribution in [0.3, 0.4) is 0 Å². The van der Waals surface area contributed by atoms with Gasteiger partial charge in [0.2, 0.25) is 0 Å². The Morgan fingerprint density at radius 3 is 2.36 bits per heavy atom. The summed E-state index contributed by atoms with van der Waals surface area (Å²) in [4.78, 5) is 12.3. The Kier molecular flexibility index (Phi) is 4.75. The topological polar surface area (TPSA) is 60.7 Å². The molecule has 0 saturated carbocycles. The fraction of sp³-hybridized carbons (Fsp3) is 0.353. The molecule has 5 heteroatoms. The van der Waals surface area contributed by atoms with E-state index in [9.17, 15) is 4.79 Å². The monoisotopic (exact) mass is 303 g/mol. The number of carbonyl (C=O) groups excluding carboxylic acids is 1. The zero-order valence-electron chi connectivity index (χ0n) is 13.5. The zero-order valence-corrected chi connectivity index (χ0v) is 13.5. The van der Waals surface area contributed by atoms with E-state index in [1.54, 1.807) is 27.2 Å². The number of aryl methyl sites for hydroxylation is 2. The van der Waals surface area contributed by atoms with Gasteiger partial charge >= 0.3 is 0 Å². The summed E-state index contributed by atoms with van der Waals surface area (Å²) < 4.78 is 15.9. The summed E-state index contributed by atoms with van der Waals surface area (Å²) in [5.74, 6) is 2.48. The van der Waals surface area contributed by atoms with E-state index in [-0.39, 0.29) is 11.9 Å². The summed E-state index contributed by atoms with van der Waals surface area (Å²) in [5, 5.41) is 2.96. The van der Waals surface area contributed by atoms with Crippen molar-refractivity contribution >= 4 is 5.91 Å². The van der Waals surface area contributed by atoms with Crippen molar-refractivity contribution in [3.63, 3.8) is 0 Å². The third kappa shape index (κ3) is 3.24. The number of methoxy groups -OCH3 is 2. The molecule has 1 heterocycles. The highest BCUT2D eigenvalue weighted by Crippen LogP contribution is 2.30. The van der Waals surface area contributed by atoms with Gasteiger partial charge in [0.1, 0.15) is 11.5 Å². The zero-order chi connectivity index (χ0) is 16.3. The second kappa shape index (κ2) is 6.56. The maximum absolute atomic E-state index is 12.3. The molecule has 0 bridgehead atoms. The third-order valence-electron chi connectivity index (χ3n) is 3.54. The number of amides is 1. The first-order chi connectivity index (χ1) is 10.5. The van der Waals surface area contributed by atoms with Crippen LogP contribution in [0.4, 0.5) is 0 Å². The average molecular weight is 303 g/mol. The van der Waals surface area contributed by atoms with Crippen molar-refractivity contribution in [2.45, 2.75) is 26.8 Å². The molecule has 1 amide bonds. The minimum atomic E-state index is -0.165. The molecule has 2 aromatic rings. The van der Waals surface area contributed by atoms with Gasteiger partial charge in [-0.15, -0.1) is 0 Å². The summed E-state index contributed by atoms with van der Waals surface area (Å²) in [6.45, 7) is 5.52. The fourth-order valence-electron chi connectivity index (χ4n) is 2.34. The van der Waals surface area contributed by atoms with E-state index in [2.05, 4.69) is 5.32 Å². The second-order valence-corrected chi connectivity index (χ2v) is 5.14. The number of nitrogens with one attached hydrogen (secondary N) is 1. The molecule has 2 rings (SSSR count). The van der Waals surface area contributed by atoms with Gasteiger partial charge < -0.3 is 19.2 Å². The molecule has 5 nitrogen and oxygen atoms in total. The molecule has 0 spiro atoms. The molecule has 1 atom stereocenters. The number of benzene rings is 1. The van der Waals surface area contributed by atoms with Crippen molar-refractivity contribution in [1.82, 2.24) is 5.32 Å². The minimum absolute atomic E-state index is 0.156. The van der Waals surface area contributed by atoms with Crippen LogP contribution in [0.1, 0.15) is 40.4 Å². The third-order valence-corrected chi connectivity index (χ3v) is 3.54. The SMILES string of the molecule is COc1ccc([C@@H](C)NC(=O)c2cc(C)oc2C)cc1OC. The standard InChI is InChI=1S/C17H21NO4/c1-10-8-14(12(3)22-10)17(19)18-11(2)13-6-7-15(20-4)16(9-13)21-5/h6-9,11H,1-5H3,(H,18,19)/t11-/m1/s1. The molecule has 0 aliphatic rings. The molecule has 1 aromatic heterocycles. The number of hydrogen-bond donors (Lipinski definition) is 1. The van der Waals surface area contributed by atoms with E-state index in [0.717, 1.165) is 11.3 Å². The first kappa shape index (κ1) is 15.9. The lowest BCUT2D eigenvalue weighted by Gasteiger charge is -2.16. The molecular weight excluding hydrogens is 282 g/mol. The normalized spacial score (nSPS) is 11.9. The van der Waals surface area contributed by atoms with E-state index >= 15 is 0 Å². The molecule has 0 aliphatic carbocycles. The quantitative estimate of drug-likeness (QED) is 0.919. The molecule has 22 heavy (non-hydrogen) atoms. The van der Waals surface area contributed by atoms with Gasteiger partial charge in [-0.1, -0.05) is 6.07 Å². The van der Waals surface area contributed by atoms with Crippen LogP contribution in [0.25, 0.3) is 0 Å². The Bertz CT molecular complexity index is 675. The lowest BCUT2D eigenvalue weighted by Crippen LogP contribution is -2.26. The van der Waals surface area contributed by atoms with Crippen LogP contribution in [-0.4, -0.2) is 20.1 Å². The van der Waals surface area contributed by atoms with Crippen LogP contribution in [0.2, 0.25) is 0 Å². The Hall–Kier alpha value is -2.43. The summed E-state index contributed by atoms with van der Waals surface area (Å²) >= 11 is 0. The van der Waals surface area contributed by atoms with Gasteiger partial charge in [0.15, 0.2) is 11.5 Å². The second-order valence-electron chi connectivity index (χ2n) is 5.14. The molecule has 1 N–H and O–H groups in total. The first-order valence-corrected chi connectivity index (χ1v) is 7.06. The molecular formula is C17H21NO4. The summed E-state index contributed by atoms with van der Waals surface area (Å²) in [7, 11) is 3.18. The van der Waals surface area contributed by atoms with Crippen molar-refractivity contribution in [2.24, 2.45) is 0 Å². The largest absolute Gasteiger partial charge is 0.493 e. The highest BCUT2D eigenvalue weighted by Gasteiger charge is 2.17. The number of carbonyl (C=O) groups is 1. The van der Waals surface area contributed by atoms with Crippen LogP contribution in [-0.2, 0) is 0 Å². The minimum Gasteiger partial charge on any atom is -0.493 e. The van der Waals surface area contributed by atoms with Gasteiger partial charge in [-0.25, -0.2) is 0 Å². The van der Waals surface area contributed by atoms with Gasteiger partial charge in [0, 0.05) is 0 Å². The van der Waals surface area contributed by atoms with Crippen LogP contribution >= 0.6 is 0 Å². The van der Waals surface area contributed by atoms with Crippen molar-refractivity contribution in [2.75, 3.05) is 14.2 Å². The Balaban J connectivity index is 2.16. The van der Waals surface area contributed by atoms with Gasteiger partial charge in [-0.05, 0) is 44.5 Å².